The standard InChI is InChI=1S/C11H16N2O/c1-2-11(14)13-10(8-12)9-6-4-3-5-7-9/h3-7,10H,2,8,12H2,1H3,(H,13,14). The minimum atomic E-state index is -0.0661. The molecule has 0 fully saturated rings. The van der Waals surface area contributed by atoms with Crippen LogP contribution in [0.25, 0.3) is 0 Å². The number of carbonyl (C=O) groups excluding carboxylic acids is 1. The number of amides is 1. The second-order valence-electron chi connectivity index (χ2n) is 3.12. The van der Waals surface area contributed by atoms with Crippen molar-refractivity contribution in [3.63, 3.8) is 0 Å². The Kier molecular flexibility index (Phi) is 4.13. The summed E-state index contributed by atoms with van der Waals surface area (Å²) in [6.07, 6.45) is 0.489. The van der Waals surface area contributed by atoms with E-state index in [1.54, 1.807) is 0 Å². The normalized spacial score (nSPS) is 12.1. The van der Waals surface area contributed by atoms with Gasteiger partial charge in [-0.2, -0.15) is 0 Å². The summed E-state index contributed by atoms with van der Waals surface area (Å²) in [4.78, 5) is 11.2. The average Bonchev–Trinajstić information content (AvgIpc) is 2.26. The Hall–Kier alpha value is -1.35. The summed E-state index contributed by atoms with van der Waals surface area (Å²) in [5.41, 5.74) is 6.65. The highest BCUT2D eigenvalue weighted by molar-refractivity contribution is 5.76. The molecule has 3 heteroatoms. The van der Waals surface area contributed by atoms with Gasteiger partial charge in [-0.3, -0.25) is 4.79 Å². The first-order chi connectivity index (χ1) is 6.77. The lowest BCUT2D eigenvalue weighted by molar-refractivity contribution is -0.121. The Morgan fingerprint density at radius 1 is 1.43 bits per heavy atom. The largest absolute Gasteiger partial charge is 0.348 e. The average molecular weight is 192 g/mol. The molecule has 1 atom stereocenters. The second-order valence-corrected chi connectivity index (χ2v) is 3.12. The zero-order valence-electron chi connectivity index (χ0n) is 8.36. The minimum Gasteiger partial charge on any atom is -0.348 e. The van der Waals surface area contributed by atoms with Crippen LogP contribution >= 0.6 is 0 Å². The summed E-state index contributed by atoms with van der Waals surface area (Å²) in [6.45, 7) is 2.25. The van der Waals surface area contributed by atoms with E-state index in [9.17, 15) is 4.79 Å². The highest BCUT2D eigenvalue weighted by atomic mass is 16.1. The van der Waals surface area contributed by atoms with Gasteiger partial charge in [-0.15, -0.1) is 0 Å². The van der Waals surface area contributed by atoms with Crippen LogP contribution in [0.15, 0.2) is 30.3 Å². The molecule has 0 aromatic heterocycles. The van der Waals surface area contributed by atoms with Gasteiger partial charge < -0.3 is 11.1 Å². The molecule has 0 saturated carbocycles. The zero-order chi connectivity index (χ0) is 10.4. The highest BCUT2D eigenvalue weighted by Crippen LogP contribution is 2.10. The Morgan fingerprint density at radius 2 is 2.07 bits per heavy atom. The van der Waals surface area contributed by atoms with Crippen molar-refractivity contribution in [1.82, 2.24) is 5.32 Å². The predicted octanol–water partition coefficient (Wildman–Crippen LogP) is 1.21. The third kappa shape index (κ3) is 2.85. The molecule has 0 heterocycles. The Balaban J connectivity index is 2.68. The minimum absolute atomic E-state index is 0.0318. The van der Waals surface area contributed by atoms with Crippen molar-refractivity contribution in [1.29, 1.82) is 0 Å². The fraction of sp³-hybridized carbons (Fsp3) is 0.364. The molecular weight excluding hydrogens is 176 g/mol. The molecule has 0 spiro atoms. The smallest absolute Gasteiger partial charge is 0.220 e. The lowest BCUT2D eigenvalue weighted by Crippen LogP contribution is -2.32. The molecule has 1 amide bonds. The van der Waals surface area contributed by atoms with Crippen molar-refractivity contribution < 1.29 is 4.79 Å². The Morgan fingerprint density at radius 3 is 2.57 bits per heavy atom. The topological polar surface area (TPSA) is 55.1 Å². The van der Waals surface area contributed by atoms with Crippen LogP contribution in [0.4, 0.5) is 0 Å². The lowest BCUT2D eigenvalue weighted by Gasteiger charge is -2.16. The molecule has 0 radical (unpaired) electrons. The first kappa shape index (κ1) is 10.7. The van der Waals surface area contributed by atoms with Crippen LogP contribution in [0.5, 0.6) is 0 Å². The first-order valence-electron chi connectivity index (χ1n) is 4.82. The van der Waals surface area contributed by atoms with Crippen LogP contribution in [0, 0.1) is 0 Å². The van der Waals surface area contributed by atoms with Crippen molar-refractivity contribution in [3.05, 3.63) is 35.9 Å². The maximum atomic E-state index is 11.2. The zero-order valence-corrected chi connectivity index (χ0v) is 8.36. The molecule has 0 aliphatic rings. The molecule has 0 aliphatic heterocycles. The van der Waals surface area contributed by atoms with E-state index in [-0.39, 0.29) is 11.9 Å². The van der Waals surface area contributed by atoms with Gasteiger partial charge in [-0.25, -0.2) is 0 Å². The van der Waals surface area contributed by atoms with Gasteiger partial charge in [0.15, 0.2) is 0 Å². The SMILES string of the molecule is CCC(=O)NC(CN)c1ccccc1. The molecule has 14 heavy (non-hydrogen) atoms. The predicted molar refractivity (Wildman–Crippen MR) is 56.7 cm³/mol. The van der Waals surface area contributed by atoms with Gasteiger partial charge in [-0.05, 0) is 5.56 Å². The van der Waals surface area contributed by atoms with Crippen LogP contribution in [0.2, 0.25) is 0 Å². The van der Waals surface area contributed by atoms with E-state index < -0.39 is 0 Å². The first-order valence-corrected chi connectivity index (χ1v) is 4.82. The number of nitrogens with two attached hydrogens (primary N) is 1. The lowest BCUT2D eigenvalue weighted by atomic mass is 10.1. The number of hydrogen-bond acceptors (Lipinski definition) is 2. The summed E-state index contributed by atoms with van der Waals surface area (Å²) in [5.74, 6) is 0.0318. The molecule has 1 unspecified atom stereocenters. The fourth-order valence-electron chi connectivity index (χ4n) is 1.26. The highest BCUT2D eigenvalue weighted by Gasteiger charge is 2.10. The maximum absolute atomic E-state index is 11.2. The Bertz CT molecular complexity index is 285. The monoisotopic (exact) mass is 192 g/mol. The van der Waals surface area contributed by atoms with Gasteiger partial charge >= 0.3 is 0 Å². The molecule has 0 aliphatic carbocycles. The molecule has 0 bridgehead atoms. The Labute approximate surface area is 84.3 Å². The van der Waals surface area contributed by atoms with Crippen molar-refractivity contribution in [2.45, 2.75) is 19.4 Å². The van der Waals surface area contributed by atoms with Crippen molar-refractivity contribution >= 4 is 5.91 Å². The second kappa shape index (κ2) is 5.40. The maximum Gasteiger partial charge on any atom is 0.220 e. The van der Waals surface area contributed by atoms with E-state index in [1.807, 2.05) is 37.3 Å². The van der Waals surface area contributed by atoms with Gasteiger partial charge in [0.05, 0.1) is 6.04 Å². The third-order valence-electron chi connectivity index (χ3n) is 2.09. The van der Waals surface area contributed by atoms with Crippen LogP contribution in [-0.4, -0.2) is 12.5 Å². The number of carbonyl (C=O) groups is 1. The molecule has 3 N–H and O–H groups in total. The van der Waals surface area contributed by atoms with Crippen LogP contribution < -0.4 is 11.1 Å². The number of hydrogen-bond donors (Lipinski definition) is 2. The van der Waals surface area contributed by atoms with Crippen LogP contribution in [-0.2, 0) is 4.79 Å². The van der Waals surface area contributed by atoms with Crippen molar-refractivity contribution in [2.75, 3.05) is 6.54 Å². The molecule has 0 saturated heterocycles. The third-order valence-corrected chi connectivity index (χ3v) is 2.09. The molecule has 3 nitrogen and oxygen atoms in total. The van der Waals surface area contributed by atoms with Crippen LogP contribution in [0.1, 0.15) is 24.9 Å². The molecule has 1 rings (SSSR count). The molecule has 76 valence electrons. The van der Waals surface area contributed by atoms with Gasteiger partial charge in [0.2, 0.25) is 5.91 Å². The summed E-state index contributed by atoms with van der Waals surface area (Å²) in [5, 5.41) is 2.87. The summed E-state index contributed by atoms with van der Waals surface area (Å²) in [7, 11) is 0. The van der Waals surface area contributed by atoms with Gasteiger partial charge in [0.25, 0.3) is 0 Å². The van der Waals surface area contributed by atoms with Crippen molar-refractivity contribution in [2.24, 2.45) is 5.73 Å². The van der Waals surface area contributed by atoms with E-state index in [0.29, 0.717) is 13.0 Å². The van der Waals surface area contributed by atoms with E-state index >= 15 is 0 Å². The number of benzene rings is 1. The number of nitrogens with one attached hydrogen (secondary N) is 1. The van der Waals surface area contributed by atoms with E-state index in [1.165, 1.54) is 0 Å². The summed E-state index contributed by atoms with van der Waals surface area (Å²) >= 11 is 0. The van der Waals surface area contributed by atoms with E-state index in [2.05, 4.69) is 5.32 Å². The van der Waals surface area contributed by atoms with Gasteiger partial charge in [0, 0.05) is 13.0 Å². The molecular formula is C11H16N2O. The van der Waals surface area contributed by atoms with Gasteiger partial charge in [0.1, 0.15) is 0 Å². The molecule has 1 aromatic carbocycles. The van der Waals surface area contributed by atoms with E-state index in [4.69, 9.17) is 5.73 Å². The quantitative estimate of drug-likeness (QED) is 0.753. The molecule has 1 aromatic rings. The van der Waals surface area contributed by atoms with E-state index in [0.717, 1.165) is 5.56 Å². The van der Waals surface area contributed by atoms with Crippen LogP contribution in [0.3, 0.4) is 0 Å². The number of rotatable bonds is 4. The van der Waals surface area contributed by atoms with Gasteiger partial charge in [-0.1, -0.05) is 37.3 Å². The van der Waals surface area contributed by atoms with Crippen molar-refractivity contribution in [3.8, 4) is 0 Å². The summed E-state index contributed by atoms with van der Waals surface area (Å²) < 4.78 is 0. The fourth-order valence-corrected chi connectivity index (χ4v) is 1.26. The summed E-state index contributed by atoms with van der Waals surface area (Å²) in [6, 6.07) is 9.69.